The van der Waals surface area contributed by atoms with E-state index in [0.29, 0.717) is 6.61 Å². The van der Waals surface area contributed by atoms with Crippen molar-refractivity contribution >= 4 is 27.3 Å². The first-order valence-electron chi connectivity index (χ1n) is 6.29. The van der Waals surface area contributed by atoms with E-state index in [2.05, 4.69) is 0 Å². The van der Waals surface area contributed by atoms with Gasteiger partial charge in [-0.05, 0) is 19.9 Å². The zero-order valence-corrected chi connectivity index (χ0v) is 13.1. The minimum absolute atomic E-state index is 0.0593. The number of ether oxygens (including phenoxy) is 1. The molecule has 116 valence electrons. The molecule has 7 nitrogen and oxygen atoms in total. The van der Waals surface area contributed by atoms with E-state index in [9.17, 15) is 18.5 Å². The first-order chi connectivity index (χ1) is 9.73. The first kappa shape index (κ1) is 16.2. The van der Waals surface area contributed by atoms with Crippen molar-refractivity contribution in [2.45, 2.75) is 24.8 Å². The van der Waals surface area contributed by atoms with Gasteiger partial charge in [0, 0.05) is 24.7 Å². The second kappa shape index (κ2) is 5.88. The largest absolute Gasteiger partial charge is 0.376 e. The highest BCUT2D eigenvalue weighted by Crippen LogP contribution is 2.31. The van der Waals surface area contributed by atoms with Gasteiger partial charge in [-0.2, -0.15) is 4.31 Å². The Balaban J connectivity index is 2.47. The lowest BCUT2D eigenvalue weighted by molar-refractivity contribution is -0.385. The summed E-state index contributed by atoms with van der Waals surface area (Å²) in [4.78, 5) is 10.2. The fourth-order valence-electron chi connectivity index (χ4n) is 2.13. The number of nitro benzene ring substituents is 1. The molecule has 1 unspecified atom stereocenters. The second-order valence-electron chi connectivity index (χ2n) is 4.85. The van der Waals surface area contributed by atoms with E-state index < -0.39 is 14.9 Å². The molecule has 0 amide bonds. The lowest BCUT2D eigenvalue weighted by Gasteiger charge is -2.30. The molecule has 1 aromatic carbocycles. The summed E-state index contributed by atoms with van der Waals surface area (Å²) >= 11 is 5.92. The summed E-state index contributed by atoms with van der Waals surface area (Å²) in [6.07, 6.45) is -0.218. The van der Waals surface area contributed by atoms with Crippen molar-refractivity contribution in [2.75, 3.05) is 19.7 Å². The zero-order valence-electron chi connectivity index (χ0n) is 11.6. The Morgan fingerprint density at radius 2 is 2.14 bits per heavy atom. The predicted molar refractivity (Wildman–Crippen MR) is 77.0 cm³/mol. The summed E-state index contributed by atoms with van der Waals surface area (Å²) in [5, 5.41) is 11.1. The van der Waals surface area contributed by atoms with Gasteiger partial charge in [-0.1, -0.05) is 11.6 Å². The van der Waals surface area contributed by atoms with Crippen LogP contribution in [-0.2, 0) is 14.8 Å². The summed E-state index contributed by atoms with van der Waals surface area (Å²) in [6, 6.07) is 2.30. The maximum atomic E-state index is 12.6. The molecule has 21 heavy (non-hydrogen) atoms. The Kier molecular flexibility index (Phi) is 4.52. The topological polar surface area (TPSA) is 89.8 Å². The van der Waals surface area contributed by atoms with E-state index in [0.717, 1.165) is 6.07 Å². The molecule has 1 fully saturated rings. The molecule has 2 rings (SSSR count). The lowest BCUT2D eigenvalue weighted by Crippen LogP contribution is -2.44. The van der Waals surface area contributed by atoms with Gasteiger partial charge in [-0.3, -0.25) is 10.1 Å². The number of sulfonamides is 1. The van der Waals surface area contributed by atoms with Gasteiger partial charge in [0.15, 0.2) is 0 Å². The van der Waals surface area contributed by atoms with Gasteiger partial charge in [0.25, 0.3) is 5.69 Å². The van der Waals surface area contributed by atoms with Crippen molar-refractivity contribution in [3.05, 3.63) is 32.8 Å². The molecule has 0 radical (unpaired) electrons. The van der Waals surface area contributed by atoms with Crippen LogP contribution in [-0.4, -0.2) is 43.4 Å². The van der Waals surface area contributed by atoms with Crippen LogP contribution >= 0.6 is 11.6 Å². The summed E-state index contributed by atoms with van der Waals surface area (Å²) in [5.74, 6) is 0. The third kappa shape index (κ3) is 3.18. The fourth-order valence-corrected chi connectivity index (χ4v) is 3.96. The van der Waals surface area contributed by atoms with E-state index in [4.69, 9.17) is 16.3 Å². The van der Waals surface area contributed by atoms with Crippen LogP contribution in [0.5, 0.6) is 0 Å². The Morgan fingerprint density at radius 3 is 2.71 bits per heavy atom. The van der Waals surface area contributed by atoms with E-state index in [-0.39, 0.29) is 40.4 Å². The van der Waals surface area contributed by atoms with Gasteiger partial charge in [0.1, 0.15) is 0 Å². The Labute approximate surface area is 127 Å². The molecule has 1 aliphatic heterocycles. The third-order valence-corrected chi connectivity index (χ3v) is 5.56. The number of halogens is 1. The van der Waals surface area contributed by atoms with Crippen molar-refractivity contribution in [3.63, 3.8) is 0 Å². The number of morpholine rings is 1. The molecule has 1 aliphatic rings. The monoisotopic (exact) mass is 334 g/mol. The summed E-state index contributed by atoms with van der Waals surface area (Å²) in [6.45, 7) is 3.97. The van der Waals surface area contributed by atoms with E-state index in [1.165, 1.54) is 17.3 Å². The van der Waals surface area contributed by atoms with Crippen LogP contribution in [0, 0.1) is 17.0 Å². The quantitative estimate of drug-likeness (QED) is 0.622. The number of rotatable bonds is 3. The van der Waals surface area contributed by atoms with Crippen LogP contribution in [0.25, 0.3) is 0 Å². The molecule has 1 heterocycles. The molecular formula is C12H15ClN2O5S. The third-order valence-electron chi connectivity index (χ3n) is 3.33. The number of hydrogen-bond acceptors (Lipinski definition) is 5. The van der Waals surface area contributed by atoms with E-state index >= 15 is 0 Å². The molecule has 0 N–H and O–H groups in total. The molecule has 1 atom stereocenters. The molecule has 0 aromatic heterocycles. The molecule has 0 bridgehead atoms. The predicted octanol–water partition coefficient (Wildman–Crippen LogP) is 1.97. The zero-order chi connectivity index (χ0) is 15.8. The maximum absolute atomic E-state index is 12.6. The molecule has 0 saturated carbocycles. The number of benzene rings is 1. The average molecular weight is 335 g/mol. The van der Waals surface area contributed by atoms with Crippen molar-refractivity contribution in [1.82, 2.24) is 4.31 Å². The summed E-state index contributed by atoms with van der Waals surface area (Å²) in [5.41, 5.74) is -0.0571. The molecular weight excluding hydrogens is 320 g/mol. The Morgan fingerprint density at radius 1 is 1.48 bits per heavy atom. The smallest absolute Gasteiger partial charge is 0.275 e. The number of nitrogens with zero attached hydrogens (tertiary/aromatic N) is 2. The molecule has 0 aliphatic carbocycles. The minimum atomic E-state index is -3.83. The minimum Gasteiger partial charge on any atom is -0.376 e. The van der Waals surface area contributed by atoms with Crippen LogP contribution in [0.4, 0.5) is 5.69 Å². The van der Waals surface area contributed by atoms with Crippen molar-refractivity contribution in [3.8, 4) is 0 Å². The number of hydrogen-bond donors (Lipinski definition) is 0. The van der Waals surface area contributed by atoms with Gasteiger partial charge >= 0.3 is 0 Å². The Bertz CT molecular complexity index is 676. The summed E-state index contributed by atoms with van der Waals surface area (Å²) < 4.78 is 31.7. The highest BCUT2D eigenvalue weighted by atomic mass is 35.5. The van der Waals surface area contributed by atoms with E-state index in [1.54, 1.807) is 6.92 Å². The van der Waals surface area contributed by atoms with Gasteiger partial charge in [0.05, 0.1) is 27.6 Å². The first-order valence-corrected chi connectivity index (χ1v) is 8.11. The lowest BCUT2D eigenvalue weighted by atomic mass is 10.2. The summed E-state index contributed by atoms with van der Waals surface area (Å²) in [7, 11) is -3.83. The van der Waals surface area contributed by atoms with Gasteiger partial charge < -0.3 is 4.74 Å². The molecule has 1 saturated heterocycles. The van der Waals surface area contributed by atoms with E-state index in [1.807, 2.05) is 0 Å². The van der Waals surface area contributed by atoms with Gasteiger partial charge in [-0.15, -0.1) is 0 Å². The molecule has 0 spiro atoms. The second-order valence-corrected chi connectivity index (χ2v) is 7.20. The van der Waals surface area contributed by atoms with Crippen LogP contribution in [0.3, 0.4) is 0 Å². The normalized spacial score (nSPS) is 20.4. The van der Waals surface area contributed by atoms with Gasteiger partial charge in [-0.25, -0.2) is 8.42 Å². The standard InChI is InChI=1S/C12H15ClN2O5S/c1-8-7-14(3-4-20-8)21(18,19)10-5-11(13)9(2)12(6-10)15(16)17/h5-6,8H,3-4,7H2,1-2H3. The van der Waals surface area contributed by atoms with Crippen molar-refractivity contribution in [1.29, 1.82) is 0 Å². The highest BCUT2D eigenvalue weighted by Gasteiger charge is 2.31. The molecule has 9 heteroatoms. The fraction of sp³-hybridized carbons (Fsp3) is 0.500. The van der Waals surface area contributed by atoms with Crippen molar-refractivity contribution < 1.29 is 18.1 Å². The number of nitro groups is 1. The highest BCUT2D eigenvalue weighted by molar-refractivity contribution is 7.89. The van der Waals surface area contributed by atoms with Crippen molar-refractivity contribution in [2.24, 2.45) is 0 Å². The average Bonchev–Trinajstić information content (AvgIpc) is 2.41. The van der Waals surface area contributed by atoms with Crippen LogP contribution in [0.2, 0.25) is 5.02 Å². The van der Waals surface area contributed by atoms with Crippen LogP contribution in [0.15, 0.2) is 17.0 Å². The van der Waals surface area contributed by atoms with Crippen LogP contribution < -0.4 is 0 Å². The van der Waals surface area contributed by atoms with Gasteiger partial charge in [0.2, 0.25) is 10.0 Å². The molecule has 1 aromatic rings. The maximum Gasteiger partial charge on any atom is 0.275 e. The SMILES string of the molecule is Cc1c(Cl)cc(S(=O)(=O)N2CCOC(C)C2)cc1[N+](=O)[O-]. The van der Waals surface area contributed by atoms with Crippen LogP contribution in [0.1, 0.15) is 12.5 Å². The Hall–Kier alpha value is -1.22.